The largest absolute Gasteiger partial charge is 0.416 e. The summed E-state index contributed by atoms with van der Waals surface area (Å²) in [6.07, 6.45) is -4.35. The van der Waals surface area contributed by atoms with E-state index < -0.39 is 17.6 Å². The van der Waals surface area contributed by atoms with Crippen molar-refractivity contribution >= 4 is 21.6 Å². The molecule has 0 unspecified atom stereocenters. The summed E-state index contributed by atoms with van der Waals surface area (Å²) in [5.74, 6) is -0.394. The Morgan fingerprint density at radius 2 is 1.80 bits per heavy atom. The van der Waals surface area contributed by atoms with E-state index in [0.29, 0.717) is 15.7 Å². The van der Waals surface area contributed by atoms with Crippen LogP contribution >= 0.6 is 15.9 Å². The van der Waals surface area contributed by atoms with Crippen LogP contribution in [0, 0.1) is 5.82 Å². The van der Waals surface area contributed by atoms with Crippen LogP contribution in [0.25, 0.3) is 0 Å². The zero-order valence-corrected chi connectivity index (χ0v) is 11.7. The van der Waals surface area contributed by atoms with Gasteiger partial charge in [0.15, 0.2) is 0 Å². The fraction of sp³-hybridized carbons (Fsp3) is 0.143. The first kappa shape index (κ1) is 14.8. The van der Waals surface area contributed by atoms with Gasteiger partial charge in [-0.25, -0.2) is 4.39 Å². The van der Waals surface area contributed by atoms with Crippen molar-refractivity contribution in [3.63, 3.8) is 0 Å². The molecule has 0 amide bonds. The van der Waals surface area contributed by atoms with Gasteiger partial charge in [0.05, 0.1) is 10.0 Å². The van der Waals surface area contributed by atoms with Crippen LogP contribution in [-0.4, -0.2) is 0 Å². The van der Waals surface area contributed by atoms with Gasteiger partial charge in [-0.1, -0.05) is 12.1 Å². The molecule has 1 nitrogen and oxygen atoms in total. The molecule has 106 valence electrons. The molecule has 0 aromatic heterocycles. The molecule has 20 heavy (non-hydrogen) atoms. The van der Waals surface area contributed by atoms with Gasteiger partial charge >= 0.3 is 6.18 Å². The summed E-state index contributed by atoms with van der Waals surface area (Å²) in [6.45, 7) is 0.224. The monoisotopic (exact) mass is 347 g/mol. The smallest absolute Gasteiger partial charge is 0.381 e. The standard InChI is InChI=1S/C14H10BrF4N/c15-12-7-11(4-5-13(12)16)20-8-9-2-1-3-10(6-9)14(17,18)19/h1-7,20H,8H2. The third-order valence-electron chi connectivity index (χ3n) is 2.67. The number of benzene rings is 2. The van der Waals surface area contributed by atoms with Crippen LogP contribution in [0.15, 0.2) is 46.9 Å². The fourth-order valence-electron chi connectivity index (χ4n) is 1.67. The van der Waals surface area contributed by atoms with Gasteiger partial charge in [0.1, 0.15) is 5.82 Å². The molecule has 6 heteroatoms. The van der Waals surface area contributed by atoms with Gasteiger partial charge in [0.2, 0.25) is 0 Å². The van der Waals surface area contributed by atoms with Crippen molar-refractivity contribution in [1.29, 1.82) is 0 Å². The van der Waals surface area contributed by atoms with Gasteiger partial charge < -0.3 is 5.32 Å². The highest BCUT2D eigenvalue weighted by Crippen LogP contribution is 2.29. The number of halogens is 5. The third kappa shape index (κ3) is 3.72. The topological polar surface area (TPSA) is 12.0 Å². The van der Waals surface area contributed by atoms with Crippen LogP contribution < -0.4 is 5.32 Å². The molecule has 0 aliphatic heterocycles. The zero-order valence-electron chi connectivity index (χ0n) is 10.1. The number of anilines is 1. The van der Waals surface area contributed by atoms with Crippen LogP contribution in [0.4, 0.5) is 23.2 Å². The quantitative estimate of drug-likeness (QED) is 0.750. The lowest BCUT2D eigenvalue weighted by Gasteiger charge is -2.10. The number of nitrogens with one attached hydrogen (secondary N) is 1. The van der Waals surface area contributed by atoms with Crippen molar-refractivity contribution < 1.29 is 17.6 Å². The molecule has 0 aliphatic carbocycles. The lowest BCUT2D eigenvalue weighted by molar-refractivity contribution is -0.137. The van der Waals surface area contributed by atoms with Crippen LogP contribution in [-0.2, 0) is 12.7 Å². The van der Waals surface area contributed by atoms with Gasteiger partial charge in [0, 0.05) is 12.2 Å². The van der Waals surface area contributed by atoms with Gasteiger partial charge in [-0.2, -0.15) is 13.2 Å². The lowest BCUT2D eigenvalue weighted by Crippen LogP contribution is -2.06. The SMILES string of the molecule is Fc1ccc(NCc2cccc(C(F)(F)F)c2)cc1Br. The highest BCUT2D eigenvalue weighted by atomic mass is 79.9. The van der Waals surface area contributed by atoms with E-state index in [2.05, 4.69) is 21.2 Å². The van der Waals surface area contributed by atoms with Crippen molar-refractivity contribution in [2.45, 2.75) is 12.7 Å². The first-order chi connectivity index (χ1) is 9.36. The minimum absolute atomic E-state index is 0.224. The molecule has 0 saturated heterocycles. The number of hydrogen-bond acceptors (Lipinski definition) is 1. The molecule has 2 aromatic carbocycles. The molecule has 2 aromatic rings. The second-order valence-corrected chi connectivity index (χ2v) is 5.03. The summed E-state index contributed by atoms with van der Waals surface area (Å²) in [5.41, 5.74) is 0.438. The first-order valence-electron chi connectivity index (χ1n) is 5.71. The minimum Gasteiger partial charge on any atom is -0.381 e. The Hall–Kier alpha value is -1.56. The Morgan fingerprint density at radius 1 is 1.05 bits per heavy atom. The van der Waals surface area contributed by atoms with Gasteiger partial charge in [-0.3, -0.25) is 0 Å². The Kier molecular flexibility index (Phi) is 4.32. The summed E-state index contributed by atoms with van der Waals surface area (Å²) >= 11 is 3.05. The molecular weight excluding hydrogens is 338 g/mol. The van der Waals surface area contributed by atoms with Crippen LogP contribution in [0.1, 0.15) is 11.1 Å². The summed E-state index contributed by atoms with van der Waals surface area (Å²) in [7, 11) is 0. The van der Waals surface area contributed by atoms with Crippen molar-refractivity contribution in [3.8, 4) is 0 Å². The van der Waals surface area contributed by atoms with Crippen LogP contribution in [0.5, 0.6) is 0 Å². The van der Waals surface area contributed by atoms with E-state index in [1.165, 1.54) is 24.3 Å². The summed E-state index contributed by atoms with van der Waals surface area (Å²) in [4.78, 5) is 0. The zero-order chi connectivity index (χ0) is 14.8. The highest BCUT2D eigenvalue weighted by Gasteiger charge is 2.30. The van der Waals surface area contributed by atoms with Crippen LogP contribution in [0.2, 0.25) is 0 Å². The average Bonchev–Trinajstić information content (AvgIpc) is 2.39. The number of rotatable bonds is 3. The van der Waals surface area contributed by atoms with Gasteiger partial charge in [-0.15, -0.1) is 0 Å². The maximum Gasteiger partial charge on any atom is 0.416 e. The summed E-state index contributed by atoms with van der Waals surface area (Å²) < 4.78 is 51.0. The van der Waals surface area contributed by atoms with E-state index in [1.54, 1.807) is 6.07 Å². The third-order valence-corrected chi connectivity index (χ3v) is 3.28. The molecule has 0 aliphatic rings. The number of hydrogen-bond donors (Lipinski definition) is 1. The predicted molar refractivity (Wildman–Crippen MR) is 72.9 cm³/mol. The fourth-order valence-corrected chi connectivity index (χ4v) is 2.05. The molecule has 0 bridgehead atoms. The Balaban J connectivity index is 2.09. The second-order valence-electron chi connectivity index (χ2n) is 4.18. The minimum atomic E-state index is -4.35. The normalized spacial score (nSPS) is 11.4. The van der Waals surface area contributed by atoms with Gasteiger partial charge in [-0.05, 0) is 51.8 Å². The molecule has 0 atom stereocenters. The van der Waals surface area contributed by atoms with Crippen LogP contribution in [0.3, 0.4) is 0 Å². The van der Waals surface area contributed by atoms with Crippen molar-refractivity contribution in [2.75, 3.05) is 5.32 Å². The summed E-state index contributed by atoms with van der Waals surface area (Å²) in [5, 5.41) is 2.94. The molecule has 1 N–H and O–H groups in total. The van der Waals surface area contributed by atoms with Crippen molar-refractivity contribution in [3.05, 3.63) is 63.9 Å². The molecule has 0 spiro atoms. The Bertz CT molecular complexity index is 610. The van der Waals surface area contributed by atoms with Crippen molar-refractivity contribution in [1.82, 2.24) is 0 Å². The average molecular weight is 348 g/mol. The molecule has 0 fully saturated rings. The highest BCUT2D eigenvalue weighted by molar-refractivity contribution is 9.10. The van der Waals surface area contributed by atoms with E-state index >= 15 is 0 Å². The second kappa shape index (κ2) is 5.83. The molecule has 0 heterocycles. The summed E-state index contributed by atoms with van der Waals surface area (Å²) in [6, 6.07) is 9.40. The van der Waals surface area contributed by atoms with Gasteiger partial charge in [0.25, 0.3) is 0 Å². The maximum atomic E-state index is 13.0. The molecular formula is C14H10BrF4N. The molecule has 0 saturated carbocycles. The van der Waals surface area contributed by atoms with E-state index in [0.717, 1.165) is 12.1 Å². The van der Waals surface area contributed by atoms with E-state index in [9.17, 15) is 17.6 Å². The molecule has 0 radical (unpaired) electrons. The maximum absolute atomic E-state index is 13.0. The number of alkyl halides is 3. The Morgan fingerprint density at radius 3 is 2.45 bits per heavy atom. The lowest BCUT2D eigenvalue weighted by atomic mass is 10.1. The predicted octanol–water partition coefficient (Wildman–Crippen LogP) is 5.22. The van der Waals surface area contributed by atoms with E-state index in [-0.39, 0.29) is 6.54 Å². The van der Waals surface area contributed by atoms with E-state index in [1.807, 2.05) is 0 Å². The van der Waals surface area contributed by atoms with E-state index in [4.69, 9.17) is 0 Å². The Labute approximate surface area is 121 Å². The van der Waals surface area contributed by atoms with Crippen molar-refractivity contribution in [2.24, 2.45) is 0 Å². The molecule has 2 rings (SSSR count). The first-order valence-corrected chi connectivity index (χ1v) is 6.50.